The largest absolute Gasteiger partial charge is 0.409 e. The molecular weight excluding hydrogens is 254 g/mol. The third-order valence-electron chi connectivity index (χ3n) is 4.48. The van der Waals surface area contributed by atoms with Crippen LogP contribution in [0, 0.1) is 5.92 Å². The van der Waals surface area contributed by atoms with E-state index in [4.69, 9.17) is 10.9 Å². The number of oxime groups is 1. The second-order valence-electron chi connectivity index (χ2n) is 6.22. The highest BCUT2D eigenvalue weighted by atomic mass is 16.4. The Bertz CT molecular complexity index is 345. The van der Waals surface area contributed by atoms with Crippen LogP contribution in [0.1, 0.15) is 64.2 Å². The topological polar surface area (TPSA) is 78.9 Å². The van der Waals surface area contributed by atoms with Crippen molar-refractivity contribution in [1.29, 1.82) is 0 Å². The molecule has 0 aromatic heterocycles. The summed E-state index contributed by atoms with van der Waals surface area (Å²) in [4.78, 5) is 14.5. The van der Waals surface area contributed by atoms with Crippen molar-refractivity contribution in [1.82, 2.24) is 4.90 Å². The molecule has 0 heterocycles. The zero-order valence-corrected chi connectivity index (χ0v) is 12.3. The molecule has 0 saturated heterocycles. The lowest BCUT2D eigenvalue weighted by atomic mass is 9.96. The van der Waals surface area contributed by atoms with E-state index >= 15 is 0 Å². The lowest BCUT2D eigenvalue weighted by Gasteiger charge is -2.24. The highest BCUT2D eigenvalue weighted by Crippen LogP contribution is 2.30. The number of carbonyl (C=O) groups is 1. The Morgan fingerprint density at radius 1 is 1.15 bits per heavy atom. The van der Waals surface area contributed by atoms with Crippen LogP contribution in [0.5, 0.6) is 0 Å². The quantitative estimate of drug-likeness (QED) is 0.258. The van der Waals surface area contributed by atoms with Crippen molar-refractivity contribution in [2.45, 2.75) is 70.3 Å². The van der Waals surface area contributed by atoms with Gasteiger partial charge in [0.2, 0.25) is 5.91 Å². The molecule has 2 aliphatic rings. The number of hydrogen-bond acceptors (Lipinski definition) is 3. The minimum absolute atomic E-state index is 0.206. The third kappa shape index (κ3) is 4.69. The maximum atomic E-state index is 12.5. The number of carbonyl (C=O) groups excluding carboxylic acids is 1. The number of amides is 1. The lowest BCUT2D eigenvalue weighted by molar-refractivity contribution is -0.132. The van der Waals surface area contributed by atoms with Crippen LogP contribution in [0.15, 0.2) is 5.16 Å². The molecule has 0 spiro atoms. The maximum Gasteiger partial charge on any atom is 0.223 e. The van der Waals surface area contributed by atoms with E-state index < -0.39 is 0 Å². The minimum atomic E-state index is 0.206. The van der Waals surface area contributed by atoms with E-state index in [1.165, 1.54) is 38.5 Å². The Morgan fingerprint density at radius 2 is 1.80 bits per heavy atom. The first-order valence-corrected chi connectivity index (χ1v) is 7.96. The zero-order valence-electron chi connectivity index (χ0n) is 12.3. The van der Waals surface area contributed by atoms with Gasteiger partial charge in [0.05, 0.1) is 0 Å². The summed E-state index contributed by atoms with van der Waals surface area (Å²) in [6, 6.07) is 0.403. The number of nitrogens with zero attached hydrogens (tertiary/aromatic N) is 2. The first kappa shape index (κ1) is 15.1. The number of amidine groups is 1. The van der Waals surface area contributed by atoms with E-state index in [-0.39, 0.29) is 11.7 Å². The molecule has 1 amide bonds. The van der Waals surface area contributed by atoms with Crippen molar-refractivity contribution >= 4 is 11.7 Å². The van der Waals surface area contributed by atoms with E-state index in [0.717, 1.165) is 12.8 Å². The first-order valence-electron chi connectivity index (χ1n) is 7.96. The summed E-state index contributed by atoms with van der Waals surface area (Å²) in [5, 5.41) is 11.6. The molecule has 0 radical (unpaired) electrons. The predicted molar refractivity (Wildman–Crippen MR) is 78.6 cm³/mol. The molecular formula is C15H27N3O2. The molecule has 114 valence electrons. The van der Waals surface area contributed by atoms with Crippen molar-refractivity contribution in [3.05, 3.63) is 0 Å². The van der Waals surface area contributed by atoms with Gasteiger partial charge in [-0.15, -0.1) is 0 Å². The molecule has 0 aliphatic heterocycles. The fraction of sp³-hybridized carbons (Fsp3) is 0.867. The molecule has 2 fully saturated rings. The van der Waals surface area contributed by atoms with Gasteiger partial charge in [0.25, 0.3) is 0 Å². The monoisotopic (exact) mass is 281 g/mol. The van der Waals surface area contributed by atoms with E-state index in [2.05, 4.69) is 5.16 Å². The summed E-state index contributed by atoms with van der Waals surface area (Å²) in [5.74, 6) is 1.04. The molecule has 5 heteroatoms. The molecule has 0 aromatic rings. The summed E-state index contributed by atoms with van der Waals surface area (Å²) < 4.78 is 0. The average molecular weight is 281 g/mol. The van der Waals surface area contributed by atoms with E-state index in [9.17, 15) is 4.79 Å². The number of hydrogen-bond donors (Lipinski definition) is 2. The Labute approximate surface area is 121 Å². The summed E-state index contributed by atoms with van der Waals surface area (Å²) in [7, 11) is 0. The van der Waals surface area contributed by atoms with E-state index in [1.54, 1.807) is 0 Å². The maximum absolute atomic E-state index is 12.5. The van der Waals surface area contributed by atoms with Crippen molar-refractivity contribution in [2.75, 3.05) is 6.54 Å². The van der Waals surface area contributed by atoms with Crippen molar-refractivity contribution in [3.8, 4) is 0 Å². The van der Waals surface area contributed by atoms with Gasteiger partial charge >= 0.3 is 0 Å². The van der Waals surface area contributed by atoms with Crippen LogP contribution in [-0.2, 0) is 4.79 Å². The highest BCUT2D eigenvalue weighted by molar-refractivity contribution is 5.81. The van der Waals surface area contributed by atoms with Gasteiger partial charge in [-0.1, -0.05) is 30.8 Å². The SMILES string of the molecule is NC(CCN(C(=O)CC1CCCCCC1)C1CC1)=NO. The van der Waals surface area contributed by atoms with E-state index in [0.29, 0.717) is 31.3 Å². The van der Waals surface area contributed by atoms with Crippen LogP contribution in [-0.4, -0.2) is 34.4 Å². The summed E-state index contributed by atoms with van der Waals surface area (Å²) >= 11 is 0. The highest BCUT2D eigenvalue weighted by Gasteiger charge is 2.33. The standard InChI is InChI=1S/C15H27N3O2/c16-14(17-20)9-10-18(13-7-8-13)15(19)11-12-5-3-1-2-4-6-12/h12-13,20H,1-11H2,(H2,16,17). The summed E-state index contributed by atoms with van der Waals surface area (Å²) in [5.41, 5.74) is 5.51. The van der Waals surface area contributed by atoms with E-state index in [1.807, 2.05) is 4.90 Å². The molecule has 2 rings (SSSR count). The lowest BCUT2D eigenvalue weighted by Crippen LogP contribution is -2.36. The molecule has 0 aromatic carbocycles. The third-order valence-corrected chi connectivity index (χ3v) is 4.48. The van der Waals surface area contributed by atoms with Crippen LogP contribution >= 0.6 is 0 Å². The fourth-order valence-electron chi connectivity index (χ4n) is 3.11. The van der Waals surface area contributed by atoms with Gasteiger partial charge in [0.1, 0.15) is 5.84 Å². The van der Waals surface area contributed by atoms with Gasteiger partial charge in [-0.3, -0.25) is 4.79 Å². The van der Waals surface area contributed by atoms with Crippen LogP contribution in [0.25, 0.3) is 0 Å². The Hall–Kier alpha value is -1.26. The molecule has 0 atom stereocenters. The van der Waals surface area contributed by atoms with Crippen LogP contribution in [0.4, 0.5) is 0 Å². The molecule has 0 bridgehead atoms. The zero-order chi connectivity index (χ0) is 14.4. The first-order chi connectivity index (χ1) is 9.70. The van der Waals surface area contributed by atoms with Crippen LogP contribution in [0.3, 0.4) is 0 Å². The molecule has 2 aliphatic carbocycles. The molecule has 2 saturated carbocycles. The summed E-state index contributed by atoms with van der Waals surface area (Å²) in [6.45, 7) is 0.589. The van der Waals surface area contributed by atoms with Crippen LogP contribution in [0.2, 0.25) is 0 Å². The Balaban J connectivity index is 1.83. The van der Waals surface area contributed by atoms with Crippen LogP contribution < -0.4 is 5.73 Å². The number of nitrogens with two attached hydrogens (primary N) is 1. The van der Waals surface area contributed by atoms with Gasteiger partial charge in [-0.2, -0.15) is 0 Å². The molecule has 20 heavy (non-hydrogen) atoms. The number of rotatable bonds is 6. The van der Waals surface area contributed by atoms with Gasteiger partial charge in [-0.05, 0) is 31.6 Å². The minimum Gasteiger partial charge on any atom is -0.409 e. The molecule has 3 N–H and O–H groups in total. The van der Waals surface area contributed by atoms with Crippen molar-refractivity contribution in [3.63, 3.8) is 0 Å². The fourth-order valence-corrected chi connectivity index (χ4v) is 3.11. The molecule has 5 nitrogen and oxygen atoms in total. The van der Waals surface area contributed by atoms with Gasteiger partial charge in [0.15, 0.2) is 0 Å². The normalized spacial score (nSPS) is 21.5. The van der Waals surface area contributed by atoms with Gasteiger partial charge in [0, 0.05) is 25.4 Å². The van der Waals surface area contributed by atoms with Gasteiger partial charge in [-0.25, -0.2) is 0 Å². The Morgan fingerprint density at radius 3 is 2.35 bits per heavy atom. The smallest absolute Gasteiger partial charge is 0.223 e. The van der Waals surface area contributed by atoms with Crippen molar-refractivity contribution < 1.29 is 10.0 Å². The average Bonchev–Trinajstić information content (AvgIpc) is 3.26. The van der Waals surface area contributed by atoms with Gasteiger partial charge < -0.3 is 15.8 Å². The second-order valence-corrected chi connectivity index (χ2v) is 6.22. The summed E-state index contributed by atoms with van der Waals surface area (Å²) in [6.07, 6.45) is 10.9. The second kappa shape index (κ2) is 7.50. The predicted octanol–water partition coefficient (Wildman–Crippen LogP) is 2.47. The molecule has 0 unspecified atom stereocenters. The van der Waals surface area contributed by atoms with Crippen molar-refractivity contribution in [2.24, 2.45) is 16.8 Å². The Kier molecular flexibility index (Phi) is 5.68.